The summed E-state index contributed by atoms with van der Waals surface area (Å²) in [6.45, 7) is 2.00. The van der Waals surface area contributed by atoms with E-state index in [1.54, 1.807) is 0 Å². The van der Waals surface area contributed by atoms with Gasteiger partial charge in [-0.1, -0.05) is 31.2 Å². The van der Waals surface area contributed by atoms with Gasteiger partial charge in [0.1, 0.15) is 0 Å². The molecule has 3 atom stereocenters. The minimum absolute atomic E-state index is 0.180. The second kappa shape index (κ2) is 3.86. The first-order valence-electron chi connectivity index (χ1n) is 5.37. The average molecular weight is 240 g/mol. The Labute approximate surface area is 96.0 Å². The maximum Gasteiger partial charge on any atom is 0.153 e. The highest BCUT2D eigenvalue weighted by molar-refractivity contribution is 7.91. The van der Waals surface area contributed by atoms with Crippen LogP contribution in [0.15, 0.2) is 24.3 Å². The smallest absolute Gasteiger partial charge is 0.153 e. The fraction of sp³-hybridized carbons (Fsp3) is 0.500. The number of benzene rings is 1. The summed E-state index contributed by atoms with van der Waals surface area (Å²) in [6, 6.07) is 7.53. The number of hydrogen-bond acceptors (Lipinski definition) is 3. The third kappa shape index (κ3) is 1.87. The molecule has 16 heavy (non-hydrogen) atoms. The van der Waals surface area contributed by atoms with Gasteiger partial charge in [-0.05, 0) is 23.5 Å². The molecule has 0 heterocycles. The van der Waals surface area contributed by atoms with E-state index in [1.165, 1.54) is 6.26 Å². The lowest BCUT2D eigenvalue weighted by molar-refractivity contribution is 0.155. The molecule has 3 nitrogen and oxygen atoms in total. The van der Waals surface area contributed by atoms with Gasteiger partial charge >= 0.3 is 0 Å². The summed E-state index contributed by atoms with van der Waals surface area (Å²) in [7, 11) is -3.20. The topological polar surface area (TPSA) is 54.4 Å². The van der Waals surface area contributed by atoms with Gasteiger partial charge in [0.25, 0.3) is 0 Å². The highest BCUT2D eigenvalue weighted by Gasteiger charge is 2.37. The number of hydrogen-bond donors (Lipinski definition) is 1. The van der Waals surface area contributed by atoms with Crippen LogP contribution >= 0.6 is 0 Å². The fourth-order valence-electron chi connectivity index (χ4n) is 2.44. The van der Waals surface area contributed by atoms with Crippen LogP contribution in [0, 0.1) is 0 Å². The predicted molar refractivity (Wildman–Crippen MR) is 63.1 cm³/mol. The van der Waals surface area contributed by atoms with Crippen molar-refractivity contribution >= 4 is 9.84 Å². The van der Waals surface area contributed by atoms with Gasteiger partial charge in [-0.3, -0.25) is 0 Å². The van der Waals surface area contributed by atoms with Crippen molar-refractivity contribution < 1.29 is 13.5 Å². The van der Waals surface area contributed by atoms with Crippen molar-refractivity contribution in [3.8, 4) is 0 Å². The molecule has 1 aliphatic rings. The third-order valence-corrected chi connectivity index (χ3v) is 4.88. The Morgan fingerprint density at radius 1 is 1.25 bits per heavy atom. The maximum absolute atomic E-state index is 11.6. The van der Waals surface area contributed by atoms with Crippen molar-refractivity contribution in [2.75, 3.05) is 6.26 Å². The van der Waals surface area contributed by atoms with Crippen molar-refractivity contribution in [2.45, 2.75) is 30.6 Å². The van der Waals surface area contributed by atoms with Gasteiger partial charge < -0.3 is 5.11 Å². The van der Waals surface area contributed by atoms with Crippen LogP contribution in [-0.2, 0) is 9.84 Å². The highest BCUT2D eigenvalue weighted by Crippen LogP contribution is 2.39. The van der Waals surface area contributed by atoms with Crippen LogP contribution in [0.4, 0.5) is 0 Å². The molecule has 0 radical (unpaired) electrons. The molecule has 2 rings (SSSR count). The summed E-state index contributed by atoms with van der Waals surface area (Å²) in [4.78, 5) is 0. The summed E-state index contributed by atoms with van der Waals surface area (Å²) in [5.41, 5.74) is 1.83. The lowest BCUT2D eigenvalue weighted by Crippen LogP contribution is -2.33. The Balaban J connectivity index is 2.50. The molecule has 1 aromatic rings. The molecule has 4 heteroatoms. The molecule has 0 bridgehead atoms. The number of aliphatic hydroxyl groups is 1. The third-order valence-electron chi connectivity index (χ3n) is 3.33. The van der Waals surface area contributed by atoms with E-state index < -0.39 is 21.2 Å². The highest BCUT2D eigenvalue weighted by atomic mass is 32.2. The van der Waals surface area contributed by atoms with Crippen molar-refractivity contribution in [1.82, 2.24) is 0 Å². The zero-order valence-corrected chi connectivity index (χ0v) is 10.2. The van der Waals surface area contributed by atoms with E-state index >= 15 is 0 Å². The van der Waals surface area contributed by atoms with E-state index in [4.69, 9.17) is 0 Å². The van der Waals surface area contributed by atoms with Gasteiger partial charge in [-0.2, -0.15) is 0 Å². The van der Waals surface area contributed by atoms with Crippen molar-refractivity contribution in [3.05, 3.63) is 35.4 Å². The summed E-state index contributed by atoms with van der Waals surface area (Å²) < 4.78 is 23.2. The first-order chi connectivity index (χ1) is 7.41. The van der Waals surface area contributed by atoms with Crippen LogP contribution in [0.2, 0.25) is 0 Å². The standard InChI is InChI=1S/C12H16O3S/c1-8-7-11(16(2,14)15)12(13)10-6-4-3-5-9(8)10/h3-6,8,11-13H,7H2,1-2H3. The van der Waals surface area contributed by atoms with Gasteiger partial charge in [0, 0.05) is 6.26 Å². The first-order valence-corrected chi connectivity index (χ1v) is 7.32. The molecule has 0 saturated carbocycles. The summed E-state index contributed by atoms with van der Waals surface area (Å²) in [5, 5.41) is 9.43. The van der Waals surface area contributed by atoms with Gasteiger partial charge in [0.2, 0.25) is 0 Å². The SMILES string of the molecule is CC1CC(S(C)(=O)=O)C(O)c2ccccc21. The van der Waals surface area contributed by atoms with Gasteiger partial charge in [0.05, 0.1) is 11.4 Å². The maximum atomic E-state index is 11.6. The lowest BCUT2D eigenvalue weighted by Gasteiger charge is -2.32. The molecule has 1 aromatic carbocycles. The summed E-state index contributed by atoms with van der Waals surface area (Å²) >= 11 is 0. The molecule has 88 valence electrons. The van der Waals surface area contributed by atoms with E-state index in [9.17, 15) is 13.5 Å². The van der Waals surface area contributed by atoms with Crippen molar-refractivity contribution in [2.24, 2.45) is 0 Å². The summed E-state index contributed by atoms with van der Waals surface area (Å²) in [5.74, 6) is 0.180. The molecule has 0 amide bonds. The number of sulfone groups is 1. The first kappa shape index (κ1) is 11.6. The average Bonchev–Trinajstić information content (AvgIpc) is 2.22. The molecular weight excluding hydrogens is 224 g/mol. The Kier molecular flexibility index (Phi) is 2.80. The second-order valence-corrected chi connectivity index (χ2v) is 6.84. The Morgan fingerprint density at radius 2 is 1.81 bits per heavy atom. The summed E-state index contributed by atoms with van der Waals surface area (Å²) in [6.07, 6.45) is 0.806. The molecule has 1 aliphatic carbocycles. The van der Waals surface area contributed by atoms with Crippen LogP contribution in [0.25, 0.3) is 0 Å². The van der Waals surface area contributed by atoms with E-state index in [0.717, 1.165) is 11.1 Å². The van der Waals surface area contributed by atoms with Gasteiger partial charge in [-0.15, -0.1) is 0 Å². The van der Waals surface area contributed by atoms with Crippen LogP contribution in [0.1, 0.15) is 36.5 Å². The second-order valence-electron chi connectivity index (χ2n) is 4.58. The quantitative estimate of drug-likeness (QED) is 0.812. The minimum atomic E-state index is -3.20. The van der Waals surface area contributed by atoms with Crippen LogP contribution in [-0.4, -0.2) is 25.0 Å². The van der Waals surface area contributed by atoms with Crippen LogP contribution in [0.5, 0.6) is 0 Å². The zero-order valence-electron chi connectivity index (χ0n) is 9.42. The molecule has 0 aliphatic heterocycles. The Morgan fingerprint density at radius 3 is 2.38 bits per heavy atom. The van der Waals surface area contributed by atoms with E-state index in [0.29, 0.717) is 6.42 Å². The monoisotopic (exact) mass is 240 g/mol. The molecule has 0 fully saturated rings. The largest absolute Gasteiger partial charge is 0.387 e. The molecule has 0 saturated heterocycles. The minimum Gasteiger partial charge on any atom is -0.387 e. The van der Waals surface area contributed by atoms with E-state index in [2.05, 4.69) is 0 Å². The number of rotatable bonds is 1. The Bertz CT molecular complexity index is 493. The van der Waals surface area contributed by atoms with Crippen LogP contribution < -0.4 is 0 Å². The van der Waals surface area contributed by atoms with Crippen molar-refractivity contribution in [3.63, 3.8) is 0 Å². The molecule has 3 unspecified atom stereocenters. The van der Waals surface area contributed by atoms with Gasteiger partial charge in [0.15, 0.2) is 9.84 Å². The van der Waals surface area contributed by atoms with Crippen molar-refractivity contribution in [1.29, 1.82) is 0 Å². The lowest BCUT2D eigenvalue weighted by atomic mass is 9.82. The molecule has 0 spiro atoms. The predicted octanol–water partition coefficient (Wildman–Crippen LogP) is 1.64. The van der Waals surface area contributed by atoms with E-state index in [-0.39, 0.29) is 5.92 Å². The normalized spacial score (nSPS) is 29.8. The molecular formula is C12H16O3S. The molecule has 0 aromatic heterocycles. The fourth-order valence-corrected chi connectivity index (χ4v) is 3.70. The number of aliphatic hydroxyl groups excluding tert-OH is 1. The Hall–Kier alpha value is -0.870. The molecule has 1 N–H and O–H groups in total. The van der Waals surface area contributed by atoms with Gasteiger partial charge in [-0.25, -0.2) is 8.42 Å². The zero-order chi connectivity index (χ0) is 11.9. The number of fused-ring (bicyclic) bond motifs is 1. The van der Waals surface area contributed by atoms with Crippen LogP contribution in [0.3, 0.4) is 0 Å². The van der Waals surface area contributed by atoms with E-state index in [1.807, 2.05) is 31.2 Å².